The smallest absolute Gasteiger partial charge is 0.332 e. The average molecular weight is 495 g/mol. The lowest BCUT2D eigenvalue weighted by Gasteiger charge is -2.38. The fourth-order valence-corrected chi connectivity index (χ4v) is 4.22. The van der Waals surface area contributed by atoms with Crippen LogP contribution in [0.2, 0.25) is 5.02 Å². The van der Waals surface area contributed by atoms with Gasteiger partial charge in [-0.25, -0.2) is 4.99 Å². The van der Waals surface area contributed by atoms with Crippen LogP contribution in [0.15, 0.2) is 57.3 Å². The molecule has 0 fully saturated rings. The van der Waals surface area contributed by atoms with Crippen molar-refractivity contribution in [3.05, 3.63) is 53.1 Å². The number of carbonyl (C=O) groups excluding carboxylic acids is 1. The summed E-state index contributed by atoms with van der Waals surface area (Å²) >= 11 is 6.47. The monoisotopic (exact) mass is 494 g/mol. The Labute approximate surface area is 196 Å². The van der Waals surface area contributed by atoms with Crippen molar-refractivity contribution < 1.29 is 17.1 Å². The van der Waals surface area contributed by atoms with Crippen LogP contribution in [0.1, 0.15) is 32.3 Å². The lowest BCUT2D eigenvalue weighted by atomic mass is 10.1. The molecule has 0 unspecified atom stereocenters. The zero-order valence-electron chi connectivity index (χ0n) is 18.0. The van der Waals surface area contributed by atoms with Gasteiger partial charge in [-0.15, -0.1) is 3.89 Å². The molecular formula is C21H24ClFN6O3S. The summed E-state index contributed by atoms with van der Waals surface area (Å²) < 4.78 is 34.6. The topological polar surface area (TPSA) is 143 Å². The van der Waals surface area contributed by atoms with Gasteiger partial charge >= 0.3 is 10.2 Å². The maximum absolute atomic E-state index is 12.9. The molecule has 0 spiro atoms. The number of hydrogen-bond acceptors (Lipinski definition) is 8. The molecular weight excluding hydrogens is 471 g/mol. The van der Waals surface area contributed by atoms with E-state index >= 15 is 0 Å². The third kappa shape index (κ3) is 5.99. The Morgan fingerprint density at radius 2 is 1.85 bits per heavy atom. The van der Waals surface area contributed by atoms with E-state index in [2.05, 4.69) is 15.3 Å². The largest absolute Gasteiger partial charge is 0.369 e. The van der Waals surface area contributed by atoms with E-state index in [4.69, 9.17) is 23.1 Å². The summed E-state index contributed by atoms with van der Waals surface area (Å²) in [5.74, 6) is 0.0661. The molecule has 33 heavy (non-hydrogen) atoms. The van der Waals surface area contributed by atoms with E-state index in [1.807, 2.05) is 26.0 Å². The van der Waals surface area contributed by atoms with Gasteiger partial charge in [0.15, 0.2) is 0 Å². The molecule has 1 heterocycles. The van der Waals surface area contributed by atoms with Gasteiger partial charge in [-0.05, 0) is 68.7 Å². The number of nitrogens with zero attached hydrogens (tertiary/aromatic N) is 3. The van der Waals surface area contributed by atoms with Gasteiger partial charge < -0.3 is 16.8 Å². The quantitative estimate of drug-likeness (QED) is 0.504. The first kappa shape index (κ1) is 24.5. The molecule has 0 atom stereocenters. The maximum Gasteiger partial charge on any atom is 0.332 e. The molecule has 0 aliphatic carbocycles. The van der Waals surface area contributed by atoms with Crippen LogP contribution in [0, 0.1) is 0 Å². The molecule has 1 aliphatic rings. The van der Waals surface area contributed by atoms with Gasteiger partial charge in [-0.3, -0.25) is 9.69 Å². The van der Waals surface area contributed by atoms with E-state index in [0.717, 1.165) is 17.7 Å². The Morgan fingerprint density at radius 3 is 2.42 bits per heavy atom. The van der Waals surface area contributed by atoms with Gasteiger partial charge in [0.25, 0.3) is 0 Å². The molecule has 0 saturated heterocycles. The standard InChI is InChI=1S/C21H24ClFN6O3S/c1-21(2)28-19(24)27-20(25)29(21)15-9-6-13(17(22)12-15)4-3-5-18(30)26-14-7-10-16(11-8-14)33(23,31)32/h6-12H,3-5H2,1-2H3,(H,26,30)(H4,24,25,27,28). The number of halogens is 2. The number of carbonyl (C=O) groups is 1. The minimum absolute atomic E-state index is 0.109. The van der Waals surface area contributed by atoms with Gasteiger partial charge in [0, 0.05) is 22.8 Å². The average Bonchev–Trinajstić information content (AvgIpc) is 2.68. The van der Waals surface area contributed by atoms with Gasteiger partial charge in [0.1, 0.15) is 5.66 Å². The van der Waals surface area contributed by atoms with E-state index in [9.17, 15) is 17.1 Å². The lowest BCUT2D eigenvalue weighted by molar-refractivity contribution is -0.116. The van der Waals surface area contributed by atoms with E-state index in [1.54, 1.807) is 11.0 Å². The predicted molar refractivity (Wildman–Crippen MR) is 128 cm³/mol. The summed E-state index contributed by atoms with van der Waals surface area (Å²) in [5, 5.41) is 3.16. The van der Waals surface area contributed by atoms with Crippen LogP contribution in [0.25, 0.3) is 0 Å². The molecule has 3 rings (SSSR count). The molecule has 1 amide bonds. The summed E-state index contributed by atoms with van der Waals surface area (Å²) in [6.07, 6.45) is 1.30. The Bertz CT molecular complexity index is 1230. The summed E-state index contributed by atoms with van der Waals surface area (Å²) in [7, 11) is -4.77. The van der Waals surface area contributed by atoms with E-state index in [0.29, 0.717) is 29.2 Å². The van der Waals surface area contributed by atoms with Crippen molar-refractivity contribution in [1.29, 1.82) is 0 Å². The van der Waals surface area contributed by atoms with Crippen LogP contribution in [0.4, 0.5) is 15.3 Å². The highest BCUT2D eigenvalue weighted by atomic mass is 35.5. The predicted octanol–water partition coefficient (Wildman–Crippen LogP) is 3.15. The fourth-order valence-electron chi connectivity index (χ4n) is 3.49. The highest BCUT2D eigenvalue weighted by Gasteiger charge is 2.33. The second-order valence-electron chi connectivity index (χ2n) is 7.91. The van der Waals surface area contributed by atoms with Gasteiger partial charge in [-0.2, -0.15) is 13.4 Å². The van der Waals surface area contributed by atoms with Crippen LogP contribution in [0.5, 0.6) is 0 Å². The molecule has 0 bridgehead atoms. The molecule has 0 radical (unpaired) electrons. The van der Waals surface area contributed by atoms with Crippen LogP contribution in [0.3, 0.4) is 0 Å². The number of guanidine groups is 2. The number of nitrogens with one attached hydrogen (secondary N) is 1. The highest BCUT2D eigenvalue weighted by molar-refractivity contribution is 7.86. The van der Waals surface area contributed by atoms with Crippen molar-refractivity contribution >= 4 is 51.0 Å². The SMILES string of the molecule is CC1(C)N=C(N)N=C(N)N1c1ccc(CCCC(=O)Nc2ccc(S(=O)(=O)F)cc2)c(Cl)c1. The summed E-state index contributed by atoms with van der Waals surface area (Å²) in [4.78, 5) is 21.8. The third-order valence-corrected chi connectivity index (χ3v) is 6.15. The number of benzene rings is 2. The van der Waals surface area contributed by atoms with Crippen molar-refractivity contribution in [2.75, 3.05) is 10.2 Å². The van der Waals surface area contributed by atoms with Crippen molar-refractivity contribution in [3.63, 3.8) is 0 Å². The van der Waals surface area contributed by atoms with Crippen molar-refractivity contribution in [2.24, 2.45) is 21.5 Å². The Hall–Kier alpha value is -3.18. The van der Waals surface area contributed by atoms with Crippen LogP contribution < -0.4 is 21.7 Å². The Balaban J connectivity index is 1.58. The zero-order valence-corrected chi connectivity index (χ0v) is 19.6. The first-order valence-corrected chi connectivity index (χ1v) is 11.8. The Kier molecular flexibility index (Phi) is 6.94. The van der Waals surface area contributed by atoms with E-state index in [-0.39, 0.29) is 24.2 Å². The lowest BCUT2D eigenvalue weighted by Crippen LogP contribution is -2.54. The molecule has 0 aromatic heterocycles. The van der Waals surface area contributed by atoms with Crippen molar-refractivity contribution in [3.8, 4) is 0 Å². The minimum atomic E-state index is -4.77. The second-order valence-corrected chi connectivity index (χ2v) is 9.66. The molecule has 2 aromatic rings. The second kappa shape index (κ2) is 9.36. The van der Waals surface area contributed by atoms with E-state index < -0.39 is 20.8 Å². The first-order valence-electron chi connectivity index (χ1n) is 9.99. The van der Waals surface area contributed by atoms with Gasteiger partial charge in [0.2, 0.25) is 17.8 Å². The van der Waals surface area contributed by atoms with Gasteiger partial charge in [0.05, 0.1) is 4.90 Å². The normalized spacial score (nSPS) is 15.6. The van der Waals surface area contributed by atoms with Crippen molar-refractivity contribution in [1.82, 2.24) is 0 Å². The first-order chi connectivity index (χ1) is 15.4. The number of nitrogens with two attached hydrogens (primary N) is 2. The fraction of sp³-hybridized carbons (Fsp3) is 0.286. The molecule has 176 valence electrons. The molecule has 2 aromatic carbocycles. The number of rotatable bonds is 7. The highest BCUT2D eigenvalue weighted by Crippen LogP contribution is 2.31. The van der Waals surface area contributed by atoms with Crippen molar-refractivity contribution in [2.45, 2.75) is 43.7 Å². The number of anilines is 2. The molecule has 9 nitrogen and oxygen atoms in total. The molecule has 12 heteroatoms. The van der Waals surface area contributed by atoms with Crippen LogP contribution in [-0.2, 0) is 21.4 Å². The minimum Gasteiger partial charge on any atom is -0.369 e. The summed E-state index contributed by atoms with van der Waals surface area (Å²) in [5.41, 5.74) is 13.0. The number of amides is 1. The number of aryl methyl sites for hydroxylation is 1. The number of aliphatic imine (C=N–C) groups is 2. The van der Waals surface area contributed by atoms with Crippen LogP contribution in [-0.4, -0.2) is 31.9 Å². The zero-order chi connectivity index (χ0) is 24.4. The Morgan fingerprint density at radius 1 is 1.18 bits per heavy atom. The molecule has 0 saturated carbocycles. The maximum atomic E-state index is 12.9. The molecule has 5 N–H and O–H groups in total. The molecule has 1 aliphatic heterocycles. The van der Waals surface area contributed by atoms with E-state index in [1.165, 1.54) is 12.1 Å². The third-order valence-electron chi connectivity index (χ3n) is 4.96. The van der Waals surface area contributed by atoms with Crippen LogP contribution >= 0.6 is 11.6 Å². The van der Waals surface area contributed by atoms with Gasteiger partial charge in [-0.1, -0.05) is 17.7 Å². The summed E-state index contributed by atoms with van der Waals surface area (Å²) in [6.45, 7) is 3.71. The number of hydrogen-bond donors (Lipinski definition) is 3. The summed E-state index contributed by atoms with van der Waals surface area (Å²) in [6, 6.07) is 10.3.